The summed E-state index contributed by atoms with van der Waals surface area (Å²) in [4.78, 5) is 13.4. The number of methoxy groups -OCH3 is 2. The Balaban J connectivity index is 0.00000380. The standard InChI is InChI=1S/C26H29F3N4O3.ClH/c1-35-18-12-16(13-19(15-18)36-2)24-20-6-5-7-21(20)25(34)33(32-24)23-14-17(31-11-4-3-10-30)8-9-22(23)26(27,28)29;/h8-9,12-15,31H,3-7,10-11,30H2,1-2H3;1H. The fraction of sp³-hybridized carbons (Fsp3) is 0.385. The van der Waals surface area contributed by atoms with Crippen LogP contribution in [0, 0.1) is 0 Å². The Bertz CT molecular complexity index is 1290. The first kappa shape index (κ1) is 28.3. The van der Waals surface area contributed by atoms with Crippen molar-refractivity contribution in [1.82, 2.24) is 9.78 Å². The van der Waals surface area contributed by atoms with Gasteiger partial charge in [-0.1, -0.05) is 0 Å². The maximum absolute atomic E-state index is 14.0. The van der Waals surface area contributed by atoms with E-state index in [0.29, 0.717) is 59.9 Å². The topological polar surface area (TPSA) is 91.4 Å². The number of ether oxygens (including phenoxy) is 2. The van der Waals surface area contributed by atoms with Gasteiger partial charge in [-0.3, -0.25) is 4.79 Å². The fourth-order valence-electron chi connectivity index (χ4n) is 4.47. The van der Waals surface area contributed by atoms with Gasteiger partial charge in [-0.2, -0.15) is 23.0 Å². The molecule has 2 aromatic carbocycles. The fourth-order valence-corrected chi connectivity index (χ4v) is 4.47. The molecule has 0 radical (unpaired) electrons. The van der Waals surface area contributed by atoms with E-state index in [9.17, 15) is 18.0 Å². The molecule has 0 spiro atoms. The Morgan fingerprint density at radius 2 is 1.70 bits per heavy atom. The van der Waals surface area contributed by atoms with E-state index in [2.05, 4.69) is 10.4 Å². The number of fused-ring (bicyclic) bond motifs is 1. The Labute approximate surface area is 219 Å². The highest BCUT2D eigenvalue weighted by Crippen LogP contribution is 2.37. The monoisotopic (exact) mass is 538 g/mol. The summed E-state index contributed by atoms with van der Waals surface area (Å²) in [7, 11) is 3.03. The second-order valence-corrected chi connectivity index (χ2v) is 8.63. The first-order valence-corrected chi connectivity index (χ1v) is 11.8. The summed E-state index contributed by atoms with van der Waals surface area (Å²) in [5, 5.41) is 7.63. The first-order valence-electron chi connectivity index (χ1n) is 11.8. The minimum absolute atomic E-state index is 0. The number of nitrogens with two attached hydrogens (primary N) is 1. The lowest BCUT2D eigenvalue weighted by atomic mass is 10.0. The minimum atomic E-state index is -4.67. The second kappa shape index (κ2) is 11.9. The maximum atomic E-state index is 14.0. The molecule has 3 N–H and O–H groups in total. The third-order valence-corrected chi connectivity index (χ3v) is 6.27. The zero-order valence-electron chi connectivity index (χ0n) is 20.7. The molecule has 4 rings (SSSR count). The second-order valence-electron chi connectivity index (χ2n) is 8.63. The molecule has 1 aliphatic carbocycles. The number of alkyl halides is 3. The lowest BCUT2D eigenvalue weighted by Gasteiger charge is -2.18. The van der Waals surface area contributed by atoms with Crippen LogP contribution in [0.25, 0.3) is 16.9 Å². The highest BCUT2D eigenvalue weighted by Gasteiger charge is 2.35. The summed E-state index contributed by atoms with van der Waals surface area (Å²) < 4.78 is 53.7. The molecule has 200 valence electrons. The van der Waals surface area contributed by atoms with Crippen molar-refractivity contribution in [3.05, 3.63) is 63.4 Å². The summed E-state index contributed by atoms with van der Waals surface area (Å²) in [5.74, 6) is 1.02. The highest BCUT2D eigenvalue weighted by molar-refractivity contribution is 5.85. The third-order valence-electron chi connectivity index (χ3n) is 6.27. The summed E-state index contributed by atoms with van der Waals surface area (Å²) >= 11 is 0. The average molecular weight is 539 g/mol. The van der Waals surface area contributed by atoms with Crippen LogP contribution in [0.2, 0.25) is 0 Å². The number of rotatable bonds is 9. The van der Waals surface area contributed by atoms with Gasteiger partial charge in [0.2, 0.25) is 0 Å². The molecular formula is C26H30ClF3N4O3. The zero-order chi connectivity index (χ0) is 25.9. The molecule has 37 heavy (non-hydrogen) atoms. The number of anilines is 1. The van der Waals surface area contributed by atoms with Crippen molar-refractivity contribution in [3.63, 3.8) is 0 Å². The normalized spacial score (nSPS) is 12.6. The summed E-state index contributed by atoms with van der Waals surface area (Å²) in [6.07, 6.45) is -1.30. The molecule has 7 nitrogen and oxygen atoms in total. The summed E-state index contributed by atoms with van der Waals surface area (Å²) in [6, 6.07) is 8.84. The van der Waals surface area contributed by atoms with Crippen LogP contribution in [-0.2, 0) is 19.0 Å². The van der Waals surface area contributed by atoms with Crippen molar-refractivity contribution in [3.8, 4) is 28.4 Å². The zero-order valence-corrected chi connectivity index (χ0v) is 21.5. The molecule has 0 amide bonds. The molecule has 1 aliphatic rings. The molecule has 1 aromatic heterocycles. The molecule has 0 atom stereocenters. The predicted octanol–water partition coefficient (Wildman–Crippen LogP) is 5.00. The SMILES string of the molecule is COc1cc(OC)cc(-c2nn(-c3cc(NCCCCN)ccc3C(F)(F)F)c(=O)c3c2CCC3)c1.Cl. The first-order chi connectivity index (χ1) is 17.3. The van der Waals surface area contributed by atoms with Gasteiger partial charge in [0.05, 0.1) is 31.2 Å². The van der Waals surface area contributed by atoms with E-state index < -0.39 is 17.3 Å². The van der Waals surface area contributed by atoms with Crippen LogP contribution in [0.1, 0.15) is 36.0 Å². The Hall–Kier alpha value is -3.24. The molecule has 0 aliphatic heterocycles. The third kappa shape index (κ3) is 6.02. The number of halogens is 4. The predicted molar refractivity (Wildman–Crippen MR) is 139 cm³/mol. The Morgan fingerprint density at radius 1 is 1.03 bits per heavy atom. The average Bonchev–Trinajstić information content (AvgIpc) is 3.36. The maximum Gasteiger partial charge on any atom is 0.418 e. The van der Waals surface area contributed by atoms with Gasteiger partial charge in [0.25, 0.3) is 5.56 Å². The van der Waals surface area contributed by atoms with E-state index in [1.165, 1.54) is 26.4 Å². The van der Waals surface area contributed by atoms with E-state index in [1.807, 2.05) is 0 Å². The molecule has 0 bridgehead atoms. The van der Waals surface area contributed by atoms with Gasteiger partial charge in [0.1, 0.15) is 11.5 Å². The number of hydrogen-bond acceptors (Lipinski definition) is 6. The van der Waals surface area contributed by atoms with Crippen molar-refractivity contribution < 1.29 is 22.6 Å². The van der Waals surface area contributed by atoms with Crippen molar-refractivity contribution in [1.29, 1.82) is 0 Å². The molecule has 1 heterocycles. The smallest absolute Gasteiger partial charge is 0.418 e. The highest BCUT2D eigenvalue weighted by atomic mass is 35.5. The molecule has 0 saturated heterocycles. The van der Waals surface area contributed by atoms with E-state index in [0.717, 1.165) is 35.6 Å². The Morgan fingerprint density at radius 3 is 2.32 bits per heavy atom. The van der Waals surface area contributed by atoms with Gasteiger partial charge in [-0.05, 0) is 74.5 Å². The van der Waals surface area contributed by atoms with Crippen molar-refractivity contribution in [2.75, 3.05) is 32.6 Å². The van der Waals surface area contributed by atoms with Crippen molar-refractivity contribution in [2.45, 2.75) is 38.3 Å². The van der Waals surface area contributed by atoms with Crippen LogP contribution < -0.4 is 26.1 Å². The van der Waals surface area contributed by atoms with Gasteiger partial charge < -0.3 is 20.5 Å². The quantitative estimate of drug-likeness (QED) is 0.373. The molecule has 0 unspecified atom stereocenters. The molecule has 0 fully saturated rings. The van der Waals surface area contributed by atoms with Gasteiger partial charge in [0.15, 0.2) is 0 Å². The number of nitrogens with one attached hydrogen (secondary N) is 1. The van der Waals surface area contributed by atoms with Crippen molar-refractivity contribution >= 4 is 18.1 Å². The van der Waals surface area contributed by atoms with Crippen LogP contribution in [0.3, 0.4) is 0 Å². The van der Waals surface area contributed by atoms with Crippen LogP contribution in [0.4, 0.5) is 18.9 Å². The van der Waals surface area contributed by atoms with E-state index in [-0.39, 0.29) is 18.1 Å². The van der Waals surface area contributed by atoms with Gasteiger partial charge in [0, 0.05) is 29.4 Å². The number of hydrogen-bond donors (Lipinski definition) is 2. The number of unbranched alkanes of at least 4 members (excludes halogenated alkanes) is 1. The number of benzene rings is 2. The van der Waals surface area contributed by atoms with Gasteiger partial charge >= 0.3 is 6.18 Å². The number of aromatic nitrogens is 2. The van der Waals surface area contributed by atoms with Crippen molar-refractivity contribution in [2.24, 2.45) is 5.73 Å². The molecular weight excluding hydrogens is 509 g/mol. The Kier molecular flexibility index (Phi) is 9.09. The van der Waals surface area contributed by atoms with Crippen LogP contribution in [0.15, 0.2) is 41.2 Å². The molecule has 3 aromatic rings. The number of nitrogens with zero attached hydrogens (tertiary/aromatic N) is 2. The lowest BCUT2D eigenvalue weighted by Crippen LogP contribution is -2.28. The van der Waals surface area contributed by atoms with E-state index >= 15 is 0 Å². The summed E-state index contributed by atoms with van der Waals surface area (Å²) in [6.45, 7) is 1.08. The van der Waals surface area contributed by atoms with E-state index in [1.54, 1.807) is 18.2 Å². The van der Waals surface area contributed by atoms with Crippen LogP contribution in [0.5, 0.6) is 11.5 Å². The van der Waals surface area contributed by atoms with Crippen LogP contribution in [-0.4, -0.2) is 37.1 Å². The molecule has 0 saturated carbocycles. The van der Waals surface area contributed by atoms with Gasteiger partial charge in [-0.25, -0.2) is 0 Å². The van der Waals surface area contributed by atoms with E-state index in [4.69, 9.17) is 15.2 Å². The lowest BCUT2D eigenvalue weighted by molar-refractivity contribution is -0.137. The van der Waals surface area contributed by atoms with Crippen LogP contribution >= 0.6 is 12.4 Å². The minimum Gasteiger partial charge on any atom is -0.497 e. The van der Waals surface area contributed by atoms with Gasteiger partial charge in [-0.15, -0.1) is 12.4 Å². The summed E-state index contributed by atoms with van der Waals surface area (Å²) in [5.41, 5.74) is 6.47. The molecule has 11 heteroatoms. The largest absolute Gasteiger partial charge is 0.497 e.